The predicted octanol–water partition coefficient (Wildman–Crippen LogP) is 4.20. The molecule has 7 heteroatoms. The number of amides is 2. The summed E-state index contributed by atoms with van der Waals surface area (Å²) in [7, 11) is 1.54. The van der Waals surface area contributed by atoms with Crippen LogP contribution in [0.4, 0.5) is 11.4 Å². The van der Waals surface area contributed by atoms with Gasteiger partial charge in [0.1, 0.15) is 5.58 Å². The minimum Gasteiger partial charge on any atom is -0.493 e. The molecule has 0 bridgehead atoms. The SMILES string of the molecule is COc1ccc(C(=O)Nc2ccncc2)c2c1oc1ccc(NC(C)=O)cc12. The number of furan rings is 1. The molecule has 0 aliphatic heterocycles. The van der Waals surface area contributed by atoms with Crippen molar-refractivity contribution in [1.82, 2.24) is 4.98 Å². The van der Waals surface area contributed by atoms with E-state index in [4.69, 9.17) is 9.15 Å². The molecule has 28 heavy (non-hydrogen) atoms. The molecule has 2 amide bonds. The van der Waals surface area contributed by atoms with Crippen molar-refractivity contribution in [3.05, 3.63) is 60.4 Å². The first-order valence-electron chi connectivity index (χ1n) is 8.59. The van der Waals surface area contributed by atoms with Gasteiger partial charge in [0.2, 0.25) is 5.91 Å². The van der Waals surface area contributed by atoms with E-state index in [-0.39, 0.29) is 11.8 Å². The number of ether oxygens (including phenoxy) is 1. The Bertz CT molecular complexity index is 1200. The summed E-state index contributed by atoms with van der Waals surface area (Å²) < 4.78 is 11.3. The summed E-state index contributed by atoms with van der Waals surface area (Å²) in [5, 5.41) is 6.93. The molecule has 0 radical (unpaired) electrons. The lowest BCUT2D eigenvalue weighted by molar-refractivity contribution is -0.114. The quantitative estimate of drug-likeness (QED) is 0.558. The third kappa shape index (κ3) is 3.14. The zero-order valence-electron chi connectivity index (χ0n) is 15.3. The fraction of sp³-hybridized carbons (Fsp3) is 0.0952. The molecular formula is C21H17N3O4. The maximum absolute atomic E-state index is 12.9. The van der Waals surface area contributed by atoms with Crippen LogP contribution in [0, 0.1) is 0 Å². The van der Waals surface area contributed by atoms with Crippen molar-refractivity contribution in [2.24, 2.45) is 0 Å². The summed E-state index contributed by atoms with van der Waals surface area (Å²) in [6.07, 6.45) is 3.21. The number of anilines is 2. The second kappa shape index (κ2) is 7.03. The molecule has 7 nitrogen and oxygen atoms in total. The number of hydrogen-bond acceptors (Lipinski definition) is 5. The highest BCUT2D eigenvalue weighted by atomic mass is 16.5. The van der Waals surface area contributed by atoms with Crippen LogP contribution in [0.5, 0.6) is 5.75 Å². The summed E-state index contributed by atoms with van der Waals surface area (Å²) in [6, 6.07) is 12.1. The largest absolute Gasteiger partial charge is 0.493 e. The summed E-state index contributed by atoms with van der Waals surface area (Å²) >= 11 is 0. The first kappa shape index (κ1) is 17.5. The number of fused-ring (bicyclic) bond motifs is 3. The van der Waals surface area contributed by atoms with Gasteiger partial charge in [0.15, 0.2) is 11.3 Å². The van der Waals surface area contributed by atoms with E-state index in [9.17, 15) is 9.59 Å². The second-order valence-electron chi connectivity index (χ2n) is 6.20. The number of pyridine rings is 1. The van der Waals surface area contributed by atoms with Crippen LogP contribution in [0.25, 0.3) is 21.9 Å². The van der Waals surface area contributed by atoms with Gasteiger partial charge in [-0.1, -0.05) is 0 Å². The van der Waals surface area contributed by atoms with Crippen molar-refractivity contribution in [2.75, 3.05) is 17.7 Å². The van der Waals surface area contributed by atoms with E-state index in [1.165, 1.54) is 6.92 Å². The van der Waals surface area contributed by atoms with Crippen LogP contribution in [0.2, 0.25) is 0 Å². The minimum absolute atomic E-state index is 0.180. The van der Waals surface area contributed by atoms with Crippen molar-refractivity contribution in [3.63, 3.8) is 0 Å². The van der Waals surface area contributed by atoms with Crippen molar-refractivity contribution in [2.45, 2.75) is 6.92 Å². The van der Waals surface area contributed by atoms with Gasteiger partial charge in [-0.2, -0.15) is 0 Å². The Balaban J connectivity index is 1.90. The van der Waals surface area contributed by atoms with E-state index in [0.717, 1.165) is 0 Å². The lowest BCUT2D eigenvalue weighted by Gasteiger charge is -2.08. The second-order valence-corrected chi connectivity index (χ2v) is 6.20. The van der Waals surface area contributed by atoms with Crippen LogP contribution in [0.3, 0.4) is 0 Å². The first-order chi connectivity index (χ1) is 13.6. The van der Waals surface area contributed by atoms with Gasteiger partial charge in [0, 0.05) is 41.5 Å². The van der Waals surface area contributed by atoms with Crippen molar-refractivity contribution in [1.29, 1.82) is 0 Å². The Labute approximate surface area is 160 Å². The van der Waals surface area contributed by atoms with Gasteiger partial charge >= 0.3 is 0 Å². The average Bonchev–Trinajstić information content (AvgIpc) is 3.06. The first-order valence-corrected chi connectivity index (χ1v) is 8.59. The maximum Gasteiger partial charge on any atom is 0.256 e. The number of nitrogens with one attached hydrogen (secondary N) is 2. The summed E-state index contributed by atoms with van der Waals surface area (Å²) in [6.45, 7) is 1.44. The zero-order valence-corrected chi connectivity index (χ0v) is 15.3. The van der Waals surface area contributed by atoms with Crippen molar-refractivity contribution >= 4 is 45.1 Å². The van der Waals surface area contributed by atoms with Crippen molar-refractivity contribution < 1.29 is 18.7 Å². The van der Waals surface area contributed by atoms with E-state index >= 15 is 0 Å². The normalized spacial score (nSPS) is 10.8. The van der Waals surface area contributed by atoms with Gasteiger partial charge in [-0.05, 0) is 42.5 Å². The maximum atomic E-state index is 12.9. The van der Waals surface area contributed by atoms with Crippen LogP contribution >= 0.6 is 0 Å². The molecule has 0 aliphatic rings. The van der Waals surface area contributed by atoms with Gasteiger partial charge in [-0.15, -0.1) is 0 Å². The third-order valence-electron chi connectivity index (χ3n) is 4.31. The molecular weight excluding hydrogens is 358 g/mol. The molecule has 0 spiro atoms. The number of rotatable bonds is 4. The molecule has 0 atom stereocenters. The molecule has 0 fully saturated rings. The molecule has 0 saturated heterocycles. The van der Waals surface area contributed by atoms with E-state index in [1.54, 1.807) is 62.0 Å². The monoisotopic (exact) mass is 375 g/mol. The number of aromatic nitrogens is 1. The fourth-order valence-corrected chi connectivity index (χ4v) is 3.12. The molecule has 4 rings (SSSR count). The van der Waals surface area contributed by atoms with Crippen molar-refractivity contribution in [3.8, 4) is 5.75 Å². The van der Waals surface area contributed by atoms with Crippen LogP contribution in [0.15, 0.2) is 59.3 Å². The Morgan fingerprint density at radius 2 is 1.79 bits per heavy atom. The van der Waals surface area contributed by atoms with Gasteiger partial charge in [0.05, 0.1) is 12.7 Å². The third-order valence-corrected chi connectivity index (χ3v) is 4.31. The lowest BCUT2D eigenvalue weighted by atomic mass is 10.0. The number of carbonyl (C=O) groups excluding carboxylic acids is 2. The van der Waals surface area contributed by atoms with Crippen LogP contribution in [0.1, 0.15) is 17.3 Å². The molecule has 2 aromatic heterocycles. The number of benzene rings is 2. The van der Waals surface area contributed by atoms with E-state index in [1.807, 2.05) is 0 Å². The number of methoxy groups -OCH3 is 1. The Morgan fingerprint density at radius 1 is 1.00 bits per heavy atom. The zero-order chi connectivity index (χ0) is 19.7. The lowest BCUT2D eigenvalue weighted by Crippen LogP contribution is -2.12. The van der Waals surface area contributed by atoms with Gasteiger partial charge in [-0.25, -0.2) is 0 Å². The van der Waals surface area contributed by atoms with E-state index in [2.05, 4.69) is 15.6 Å². The Hall–Kier alpha value is -3.87. The number of carbonyl (C=O) groups is 2. The Kier molecular flexibility index (Phi) is 4.41. The molecule has 140 valence electrons. The molecule has 2 N–H and O–H groups in total. The molecule has 2 heterocycles. The molecule has 0 saturated carbocycles. The van der Waals surface area contributed by atoms with Gasteiger partial charge in [0.25, 0.3) is 5.91 Å². The van der Waals surface area contributed by atoms with Crippen LogP contribution < -0.4 is 15.4 Å². The summed E-state index contributed by atoms with van der Waals surface area (Å²) in [4.78, 5) is 28.3. The topological polar surface area (TPSA) is 93.5 Å². The Morgan fingerprint density at radius 3 is 2.50 bits per heavy atom. The summed E-state index contributed by atoms with van der Waals surface area (Å²) in [5.74, 6) is 0.0552. The van der Waals surface area contributed by atoms with Gasteiger partial charge in [-0.3, -0.25) is 14.6 Å². The average molecular weight is 375 g/mol. The van der Waals surface area contributed by atoms with Crippen LogP contribution in [-0.2, 0) is 4.79 Å². The predicted molar refractivity (Wildman–Crippen MR) is 107 cm³/mol. The molecule has 4 aromatic rings. The number of nitrogens with zero attached hydrogens (tertiary/aromatic N) is 1. The summed E-state index contributed by atoms with van der Waals surface area (Å²) in [5.41, 5.74) is 2.75. The number of hydrogen-bond donors (Lipinski definition) is 2. The van der Waals surface area contributed by atoms with E-state index in [0.29, 0.717) is 44.6 Å². The highest BCUT2D eigenvalue weighted by molar-refractivity contribution is 6.21. The van der Waals surface area contributed by atoms with E-state index < -0.39 is 0 Å². The van der Waals surface area contributed by atoms with Crippen LogP contribution in [-0.4, -0.2) is 23.9 Å². The molecule has 0 aliphatic carbocycles. The highest BCUT2D eigenvalue weighted by Crippen LogP contribution is 2.38. The fourth-order valence-electron chi connectivity index (χ4n) is 3.12. The minimum atomic E-state index is -0.286. The highest BCUT2D eigenvalue weighted by Gasteiger charge is 2.20. The van der Waals surface area contributed by atoms with Gasteiger partial charge < -0.3 is 19.8 Å². The standard InChI is InChI=1S/C21H17N3O4/c1-12(25)23-14-3-5-17-16(11-14)19-15(4-6-18(27-2)20(19)28-17)21(26)24-13-7-9-22-10-8-13/h3-11H,1-2H3,(H,23,25)(H,22,24,26). The molecule has 0 unspecified atom stereocenters. The molecule has 2 aromatic carbocycles. The smallest absolute Gasteiger partial charge is 0.256 e.